The smallest absolute Gasteiger partial charge is 0.319 e. The second-order valence-electron chi connectivity index (χ2n) is 4.67. The predicted octanol–water partition coefficient (Wildman–Crippen LogP) is 3.35. The van der Waals surface area contributed by atoms with Crippen LogP contribution in [0.2, 0.25) is 0 Å². The number of rotatable bonds is 5. The Morgan fingerprint density at radius 2 is 2.09 bits per heavy atom. The van der Waals surface area contributed by atoms with Crippen molar-refractivity contribution in [3.8, 4) is 0 Å². The number of hydrogen-bond donors (Lipinski definition) is 1. The number of nitro benzene ring substituents is 1. The summed E-state index contributed by atoms with van der Waals surface area (Å²) in [5.41, 5.74) is 0.559. The maximum absolute atomic E-state index is 12.8. The van der Waals surface area contributed by atoms with Gasteiger partial charge in [-0.15, -0.1) is 0 Å². The molecule has 0 radical (unpaired) electrons. The molecule has 3 rings (SSSR count). The van der Waals surface area contributed by atoms with Crippen LogP contribution in [0.3, 0.4) is 0 Å². The molecule has 3 aromatic rings. The third-order valence-electron chi connectivity index (χ3n) is 3.34. The molecule has 1 N–H and O–H groups in total. The Kier molecular flexibility index (Phi) is 3.83. The van der Waals surface area contributed by atoms with Crippen LogP contribution >= 0.6 is 0 Å². The van der Waals surface area contributed by atoms with Crippen LogP contribution < -0.4 is 5.32 Å². The van der Waals surface area contributed by atoms with E-state index >= 15 is 0 Å². The highest BCUT2D eigenvalue weighted by Gasteiger charge is 2.19. The van der Waals surface area contributed by atoms with Gasteiger partial charge in [-0.3, -0.25) is 19.7 Å². The lowest BCUT2D eigenvalue weighted by atomic mass is 10.1. The van der Waals surface area contributed by atoms with E-state index < -0.39 is 11.5 Å². The highest BCUT2D eigenvalue weighted by atomic mass is 19.3. The SMILES string of the molecule is O=[N+]([O-])c1c(NCc2nccn2C(F)F)ccc2ncccc12. The standard InChI is InChI=1S/C14H11F2N5O2/c15-14(16)20-7-6-18-12(20)8-19-11-4-3-10-9(2-1-5-17-10)13(11)21(22)23/h1-7,14,19H,8H2. The van der Waals surface area contributed by atoms with Crippen LogP contribution in [0.1, 0.15) is 12.4 Å². The number of alkyl halides is 2. The summed E-state index contributed by atoms with van der Waals surface area (Å²) >= 11 is 0. The molecule has 0 atom stereocenters. The van der Waals surface area contributed by atoms with E-state index in [0.29, 0.717) is 15.5 Å². The van der Waals surface area contributed by atoms with Crippen LogP contribution in [0.4, 0.5) is 20.2 Å². The number of benzene rings is 1. The zero-order chi connectivity index (χ0) is 16.4. The van der Waals surface area contributed by atoms with Crippen molar-refractivity contribution in [2.24, 2.45) is 0 Å². The second-order valence-corrected chi connectivity index (χ2v) is 4.67. The molecule has 1 aromatic carbocycles. The minimum atomic E-state index is -2.72. The van der Waals surface area contributed by atoms with Crippen LogP contribution in [0.5, 0.6) is 0 Å². The fourth-order valence-corrected chi connectivity index (χ4v) is 2.31. The van der Waals surface area contributed by atoms with Crippen LogP contribution in [0.15, 0.2) is 42.9 Å². The Bertz CT molecular complexity index is 865. The fourth-order valence-electron chi connectivity index (χ4n) is 2.31. The van der Waals surface area contributed by atoms with E-state index in [1.54, 1.807) is 24.4 Å². The van der Waals surface area contributed by atoms with Gasteiger partial charge in [-0.25, -0.2) is 4.98 Å². The lowest BCUT2D eigenvalue weighted by Crippen LogP contribution is -2.10. The van der Waals surface area contributed by atoms with E-state index in [-0.39, 0.29) is 23.7 Å². The maximum atomic E-state index is 12.8. The number of nitrogens with one attached hydrogen (secondary N) is 1. The summed E-state index contributed by atoms with van der Waals surface area (Å²) in [7, 11) is 0. The maximum Gasteiger partial charge on any atom is 0.319 e. The van der Waals surface area contributed by atoms with Crippen molar-refractivity contribution in [1.29, 1.82) is 0 Å². The molecule has 118 valence electrons. The van der Waals surface area contributed by atoms with Crippen LogP contribution in [0.25, 0.3) is 10.9 Å². The van der Waals surface area contributed by atoms with Gasteiger partial charge >= 0.3 is 12.2 Å². The predicted molar refractivity (Wildman–Crippen MR) is 79.2 cm³/mol. The molecule has 9 heteroatoms. The fraction of sp³-hybridized carbons (Fsp3) is 0.143. The van der Waals surface area contributed by atoms with Gasteiger partial charge in [-0.05, 0) is 24.3 Å². The third-order valence-corrected chi connectivity index (χ3v) is 3.34. The molecule has 0 unspecified atom stereocenters. The number of aromatic nitrogens is 3. The summed E-state index contributed by atoms with van der Waals surface area (Å²) in [4.78, 5) is 18.7. The average molecular weight is 319 g/mol. The van der Waals surface area contributed by atoms with Crippen molar-refractivity contribution in [2.75, 3.05) is 5.32 Å². The first kappa shape index (κ1) is 14.8. The van der Waals surface area contributed by atoms with E-state index in [0.717, 1.165) is 6.20 Å². The molecule has 0 aliphatic heterocycles. The van der Waals surface area contributed by atoms with Gasteiger partial charge in [-0.1, -0.05) is 0 Å². The van der Waals surface area contributed by atoms with Crippen LogP contribution in [-0.4, -0.2) is 19.5 Å². The quantitative estimate of drug-likeness (QED) is 0.576. The molecule has 0 saturated heterocycles. The molecule has 0 amide bonds. The van der Waals surface area contributed by atoms with E-state index in [1.165, 1.54) is 12.3 Å². The van der Waals surface area contributed by atoms with E-state index in [2.05, 4.69) is 15.3 Å². The Morgan fingerprint density at radius 1 is 1.26 bits per heavy atom. The van der Waals surface area contributed by atoms with Gasteiger partial charge in [-0.2, -0.15) is 8.78 Å². The van der Waals surface area contributed by atoms with Gasteiger partial charge in [0.2, 0.25) is 0 Å². The Labute approximate surface area is 128 Å². The molecule has 2 aromatic heterocycles. The number of nitro groups is 1. The monoisotopic (exact) mass is 319 g/mol. The molecule has 0 spiro atoms. The molecular weight excluding hydrogens is 308 g/mol. The van der Waals surface area contributed by atoms with Gasteiger partial charge < -0.3 is 5.32 Å². The molecule has 0 aliphatic carbocycles. The molecule has 0 saturated carbocycles. The summed E-state index contributed by atoms with van der Waals surface area (Å²) in [6, 6.07) is 6.32. The number of pyridine rings is 1. The first-order chi connectivity index (χ1) is 11.1. The molecule has 7 nitrogen and oxygen atoms in total. The van der Waals surface area contributed by atoms with Gasteiger partial charge in [0.15, 0.2) is 0 Å². The zero-order valence-corrected chi connectivity index (χ0v) is 11.7. The second kappa shape index (κ2) is 5.95. The number of hydrogen-bond acceptors (Lipinski definition) is 5. The van der Waals surface area contributed by atoms with Gasteiger partial charge in [0.25, 0.3) is 0 Å². The van der Waals surface area contributed by atoms with Gasteiger partial charge in [0.1, 0.15) is 11.5 Å². The van der Waals surface area contributed by atoms with Crippen molar-refractivity contribution < 1.29 is 13.7 Å². The Balaban J connectivity index is 1.95. The summed E-state index contributed by atoms with van der Waals surface area (Å²) in [5, 5.41) is 14.5. The van der Waals surface area contributed by atoms with E-state index in [1.807, 2.05) is 0 Å². The van der Waals surface area contributed by atoms with Crippen molar-refractivity contribution in [2.45, 2.75) is 13.1 Å². The number of imidazole rings is 1. The minimum Gasteiger partial charge on any atom is -0.372 e. The highest BCUT2D eigenvalue weighted by Crippen LogP contribution is 2.32. The first-order valence-electron chi connectivity index (χ1n) is 6.64. The number of halogens is 2. The molecule has 0 bridgehead atoms. The molecule has 2 heterocycles. The van der Waals surface area contributed by atoms with Crippen molar-refractivity contribution in [1.82, 2.24) is 14.5 Å². The van der Waals surface area contributed by atoms with Crippen molar-refractivity contribution >= 4 is 22.3 Å². The van der Waals surface area contributed by atoms with Crippen molar-refractivity contribution in [3.63, 3.8) is 0 Å². The molecule has 0 aliphatic rings. The first-order valence-corrected chi connectivity index (χ1v) is 6.64. The van der Waals surface area contributed by atoms with Gasteiger partial charge in [0.05, 0.1) is 22.4 Å². The third kappa shape index (κ3) is 2.80. The number of anilines is 1. The lowest BCUT2D eigenvalue weighted by molar-refractivity contribution is -0.382. The highest BCUT2D eigenvalue weighted by molar-refractivity contribution is 5.94. The summed E-state index contributed by atoms with van der Waals surface area (Å²) in [6.07, 6.45) is 3.95. The normalized spacial score (nSPS) is 11.1. The van der Waals surface area contributed by atoms with E-state index in [9.17, 15) is 18.9 Å². The summed E-state index contributed by atoms with van der Waals surface area (Å²) in [5.74, 6) is 0.0839. The van der Waals surface area contributed by atoms with Gasteiger partial charge in [0, 0.05) is 18.6 Å². The van der Waals surface area contributed by atoms with E-state index in [4.69, 9.17) is 0 Å². The van der Waals surface area contributed by atoms with Crippen molar-refractivity contribution in [3.05, 3.63) is 58.8 Å². The molecule has 23 heavy (non-hydrogen) atoms. The number of fused-ring (bicyclic) bond motifs is 1. The minimum absolute atomic E-state index is 0.0655. The average Bonchev–Trinajstić information content (AvgIpc) is 3.00. The zero-order valence-electron chi connectivity index (χ0n) is 11.7. The molecular formula is C14H11F2N5O2. The Morgan fingerprint density at radius 3 is 2.83 bits per heavy atom. The largest absolute Gasteiger partial charge is 0.372 e. The molecule has 0 fully saturated rings. The number of nitrogens with zero attached hydrogens (tertiary/aromatic N) is 4. The lowest BCUT2D eigenvalue weighted by Gasteiger charge is -2.10. The van der Waals surface area contributed by atoms with Crippen LogP contribution in [0, 0.1) is 10.1 Å². The van der Waals surface area contributed by atoms with Crippen LogP contribution in [-0.2, 0) is 6.54 Å². The summed E-state index contributed by atoms with van der Waals surface area (Å²) in [6.45, 7) is -2.78. The summed E-state index contributed by atoms with van der Waals surface area (Å²) < 4.78 is 26.3. The topological polar surface area (TPSA) is 85.9 Å². The Hall–Kier alpha value is -3.10.